The van der Waals surface area contributed by atoms with E-state index in [4.69, 9.17) is 0 Å². The molecule has 1 amide bonds. The predicted octanol–water partition coefficient (Wildman–Crippen LogP) is 2.80. The zero-order valence-electron chi connectivity index (χ0n) is 12.9. The Kier molecular flexibility index (Phi) is 4.88. The van der Waals surface area contributed by atoms with Crippen molar-refractivity contribution in [2.24, 2.45) is 11.3 Å². The number of carbonyl (C=O) groups is 1. The van der Waals surface area contributed by atoms with Crippen LogP contribution in [0.3, 0.4) is 0 Å². The van der Waals surface area contributed by atoms with Crippen LogP contribution in [0, 0.1) is 11.3 Å². The summed E-state index contributed by atoms with van der Waals surface area (Å²) in [5, 5.41) is 3.51. The zero-order valence-corrected chi connectivity index (χ0v) is 12.9. The topological polar surface area (TPSA) is 32.3 Å². The number of rotatable bonds is 4. The Hall–Kier alpha value is -0.570. The van der Waals surface area contributed by atoms with E-state index in [0.717, 1.165) is 26.1 Å². The van der Waals surface area contributed by atoms with Crippen molar-refractivity contribution in [1.29, 1.82) is 0 Å². The Bertz CT molecular complexity index is 308. The highest BCUT2D eigenvalue weighted by Gasteiger charge is 2.39. The lowest BCUT2D eigenvalue weighted by Gasteiger charge is -2.40. The van der Waals surface area contributed by atoms with Crippen molar-refractivity contribution in [3.8, 4) is 0 Å². The van der Waals surface area contributed by atoms with Crippen molar-refractivity contribution in [2.45, 2.75) is 65.3 Å². The van der Waals surface area contributed by atoms with E-state index in [-0.39, 0.29) is 11.3 Å². The fraction of sp³-hybridized carbons (Fsp3) is 0.938. The van der Waals surface area contributed by atoms with Crippen LogP contribution < -0.4 is 5.32 Å². The van der Waals surface area contributed by atoms with E-state index in [2.05, 4.69) is 31.0 Å². The molecule has 19 heavy (non-hydrogen) atoms. The second-order valence-corrected chi connectivity index (χ2v) is 6.96. The molecule has 0 bridgehead atoms. The van der Waals surface area contributed by atoms with E-state index in [1.807, 2.05) is 0 Å². The lowest BCUT2D eigenvalue weighted by Crippen LogP contribution is -2.47. The van der Waals surface area contributed by atoms with E-state index in [0.29, 0.717) is 11.9 Å². The van der Waals surface area contributed by atoms with Gasteiger partial charge in [-0.2, -0.15) is 0 Å². The quantitative estimate of drug-likeness (QED) is 0.848. The molecule has 1 saturated heterocycles. The van der Waals surface area contributed by atoms with Gasteiger partial charge >= 0.3 is 0 Å². The fourth-order valence-electron chi connectivity index (χ4n) is 3.73. The summed E-state index contributed by atoms with van der Waals surface area (Å²) in [6, 6.07) is 0.524. The molecule has 2 aliphatic rings. The van der Waals surface area contributed by atoms with Crippen LogP contribution in [0.25, 0.3) is 0 Å². The molecule has 1 aliphatic heterocycles. The number of nitrogens with one attached hydrogen (secondary N) is 1. The van der Waals surface area contributed by atoms with Crippen LogP contribution in [0.5, 0.6) is 0 Å². The second kappa shape index (κ2) is 6.25. The molecule has 1 N–H and O–H groups in total. The molecule has 2 fully saturated rings. The molecular weight excluding hydrogens is 236 g/mol. The molecule has 0 aromatic rings. The minimum absolute atomic E-state index is 0.186. The van der Waals surface area contributed by atoms with Crippen molar-refractivity contribution >= 4 is 5.91 Å². The minimum atomic E-state index is 0.186. The third-order valence-electron chi connectivity index (χ3n) is 5.10. The Labute approximate surface area is 118 Å². The van der Waals surface area contributed by atoms with Gasteiger partial charge in [-0.15, -0.1) is 0 Å². The van der Waals surface area contributed by atoms with Gasteiger partial charge in [-0.25, -0.2) is 0 Å². The first kappa shape index (κ1) is 14.8. The third-order valence-corrected chi connectivity index (χ3v) is 5.10. The molecular formula is C16H30N2O. The van der Waals surface area contributed by atoms with Crippen LogP contribution in [0.2, 0.25) is 0 Å². The summed E-state index contributed by atoms with van der Waals surface area (Å²) in [4.78, 5) is 14.9. The van der Waals surface area contributed by atoms with Crippen LogP contribution in [-0.2, 0) is 4.79 Å². The second-order valence-electron chi connectivity index (χ2n) is 6.96. The predicted molar refractivity (Wildman–Crippen MR) is 79.0 cm³/mol. The average molecular weight is 266 g/mol. The fourth-order valence-corrected chi connectivity index (χ4v) is 3.73. The molecule has 0 spiro atoms. The maximum absolute atomic E-state index is 12.8. The zero-order chi connectivity index (χ0) is 13.9. The smallest absolute Gasteiger partial charge is 0.226 e. The van der Waals surface area contributed by atoms with E-state index < -0.39 is 0 Å². The molecule has 0 aromatic heterocycles. The number of hydrogen-bond acceptors (Lipinski definition) is 2. The molecule has 3 heteroatoms. The highest BCUT2D eigenvalue weighted by Crippen LogP contribution is 2.41. The van der Waals surface area contributed by atoms with E-state index in [1.54, 1.807) is 0 Å². The molecule has 0 aromatic carbocycles. The first-order valence-corrected chi connectivity index (χ1v) is 8.07. The minimum Gasteiger partial charge on any atom is -0.341 e. The number of likely N-dealkylation sites (N-methyl/N-ethyl adjacent to an activating group) is 1. The summed E-state index contributed by atoms with van der Waals surface area (Å²) < 4.78 is 0. The summed E-state index contributed by atoms with van der Waals surface area (Å²) in [5.41, 5.74) is 0.186. The third kappa shape index (κ3) is 3.50. The molecule has 110 valence electrons. The van der Waals surface area contributed by atoms with E-state index in [1.165, 1.54) is 32.1 Å². The van der Waals surface area contributed by atoms with Gasteiger partial charge in [0.1, 0.15) is 0 Å². The molecule has 2 atom stereocenters. The number of carbonyl (C=O) groups excluding carboxylic acids is 1. The van der Waals surface area contributed by atoms with Gasteiger partial charge < -0.3 is 10.2 Å². The van der Waals surface area contributed by atoms with Crippen molar-refractivity contribution < 1.29 is 4.79 Å². The molecule has 0 radical (unpaired) electrons. The maximum atomic E-state index is 12.8. The SMILES string of the molecule is CCN(CC1CCCN1)C(=O)C1CCCCC1(C)C. The van der Waals surface area contributed by atoms with Gasteiger partial charge in [-0.3, -0.25) is 4.79 Å². The highest BCUT2D eigenvalue weighted by atomic mass is 16.2. The van der Waals surface area contributed by atoms with Crippen molar-refractivity contribution in [1.82, 2.24) is 10.2 Å². The van der Waals surface area contributed by atoms with E-state index >= 15 is 0 Å². The molecule has 2 rings (SSSR count). The Balaban J connectivity index is 1.98. The van der Waals surface area contributed by atoms with Crippen LogP contribution in [-0.4, -0.2) is 36.5 Å². The molecule has 1 heterocycles. The van der Waals surface area contributed by atoms with Gasteiger partial charge in [-0.05, 0) is 44.6 Å². The summed E-state index contributed by atoms with van der Waals surface area (Å²) in [5.74, 6) is 0.642. The summed E-state index contributed by atoms with van der Waals surface area (Å²) in [6.45, 7) is 9.53. The van der Waals surface area contributed by atoms with Crippen LogP contribution >= 0.6 is 0 Å². The Morgan fingerprint density at radius 1 is 1.26 bits per heavy atom. The first-order valence-electron chi connectivity index (χ1n) is 8.07. The monoisotopic (exact) mass is 266 g/mol. The molecule has 1 aliphatic carbocycles. The van der Waals surface area contributed by atoms with Crippen molar-refractivity contribution in [3.63, 3.8) is 0 Å². The summed E-state index contributed by atoms with van der Waals surface area (Å²) >= 11 is 0. The normalized spacial score (nSPS) is 30.3. The van der Waals surface area contributed by atoms with Gasteiger partial charge in [0.05, 0.1) is 0 Å². The van der Waals surface area contributed by atoms with Crippen LogP contribution in [0.1, 0.15) is 59.3 Å². The van der Waals surface area contributed by atoms with E-state index in [9.17, 15) is 4.79 Å². The number of hydrogen-bond donors (Lipinski definition) is 1. The van der Waals surface area contributed by atoms with Crippen molar-refractivity contribution in [2.75, 3.05) is 19.6 Å². The van der Waals surface area contributed by atoms with Crippen LogP contribution in [0.4, 0.5) is 0 Å². The summed E-state index contributed by atoms with van der Waals surface area (Å²) in [6.07, 6.45) is 7.26. The largest absolute Gasteiger partial charge is 0.341 e. The lowest BCUT2D eigenvalue weighted by molar-refractivity contribution is -0.141. The Morgan fingerprint density at radius 2 is 2.05 bits per heavy atom. The first-order chi connectivity index (χ1) is 9.04. The van der Waals surface area contributed by atoms with Crippen LogP contribution in [0.15, 0.2) is 0 Å². The van der Waals surface area contributed by atoms with Gasteiger partial charge in [-0.1, -0.05) is 26.7 Å². The lowest BCUT2D eigenvalue weighted by atomic mass is 9.68. The van der Waals surface area contributed by atoms with Crippen molar-refractivity contribution in [3.05, 3.63) is 0 Å². The summed E-state index contributed by atoms with van der Waals surface area (Å²) in [7, 11) is 0. The van der Waals surface area contributed by atoms with Gasteiger partial charge in [0.15, 0.2) is 0 Å². The van der Waals surface area contributed by atoms with Gasteiger partial charge in [0.2, 0.25) is 5.91 Å². The maximum Gasteiger partial charge on any atom is 0.226 e. The Morgan fingerprint density at radius 3 is 2.63 bits per heavy atom. The van der Waals surface area contributed by atoms with Gasteiger partial charge in [0.25, 0.3) is 0 Å². The molecule has 2 unspecified atom stereocenters. The molecule has 1 saturated carbocycles. The standard InChI is InChI=1S/C16H30N2O/c1-4-18(12-13-8-7-11-17-13)15(19)14-9-5-6-10-16(14,2)3/h13-14,17H,4-12H2,1-3H3. The average Bonchev–Trinajstić information content (AvgIpc) is 2.87. The number of nitrogens with zero attached hydrogens (tertiary/aromatic N) is 1. The molecule has 3 nitrogen and oxygen atoms in total. The number of amides is 1. The van der Waals surface area contributed by atoms with Gasteiger partial charge in [0, 0.05) is 25.0 Å². The highest BCUT2D eigenvalue weighted by molar-refractivity contribution is 5.79.